The Kier molecular flexibility index (Phi) is 8.97. The maximum Gasteiger partial charge on any atom is 0.360 e. The zero-order valence-electron chi connectivity index (χ0n) is 22.5. The van der Waals surface area contributed by atoms with Crippen molar-refractivity contribution in [2.75, 3.05) is 0 Å². The Hall–Kier alpha value is -3.26. The summed E-state index contributed by atoms with van der Waals surface area (Å²) in [5.74, 6) is 2.87. The van der Waals surface area contributed by atoms with Crippen molar-refractivity contribution in [1.29, 1.82) is 0 Å². The van der Waals surface area contributed by atoms with Crippen LogP contribution in [0.3, 0.4) is 0 Å². The van der Waals surface area contributed by atoms with Gasteiger partial charge in [0, 0.05) is 28.7 Å². The molecule has 4 rings (SSSR count). The van der Waals surface area contributed by atoms with Crippen molar-refractivity contribution in [2.45, 2.75) is 47.0 Å². The number of hydrogen-bond acceptors (Lipinski definition) is 5. The van der Waals surface area contributed by atoms with E-state index in [4.69, 9.17) is 27.8 Å². The number of benzene rings is 2. The van der Waals surface area contributed by atoms with Crippen LogP contribution in [0.1, 0.15) is 58.4 Å². The molecule has 2 heterocycles. The van der Waals surface area contributed by atoms with Crippen molar-refractivity contribution in [3.8, 4) is 5.75 Å². The summed E-state index contributed by atoms with van der Waals surface area (Å²) in [5.41, 5.74) is 4.23. The molecule has 1 aromatic heterocycles. The Bertz CT molecular complexity index is 1390. The zero-order valence-corrected chi connectivity index (χ0v) is 23.2. The van der Waals surface area contributed by atoms with Crippen LogP contribution < -0.4 is 23.4 Å². The van der Waals surface area contributed by atoms with Gasteiger partial charge in [-0.2, -0.15) is 0 Å². The van der Waals surface area contributed by atoms with Gasteiger partial charge >= 0.3 is 11.3 Å². The van der Waals surface area contributed by atoms with Gasteiger partial charge in [0.05, 0.1) is 10.8 Å². The van der Waals surface area contributed by atoms with Crippen LogP contribution in [0.4, 0.5) is 0 Å². The molecule has 2 aromatic carbocycles. The van der Waals surface area contributed by atoms with Crippen molar-refractivity contribution in [2.24, 2.45) is 5.41 Å². The quantitative estimate of drug-likeness (QED) is 0.365. The Morgan fingerprint density at radius 2 is 1.42 bits per heavy atom. The van der Waals surface area contributed by atoms with E-state index in [1.54, 1.807) is 0 Å². The summed E-state index contributed by atoms with van der Waals surface area (Å²) in [6.07, 6.45) is 12.7. The maximum absolute atomic E-state index is 8.49. The van der Waals surface area contributed by atoms with E-state index in [0.717, 1.165) is 44.9 Å². The number of fused-ring (bicyclic) bond motifs is 2. The lowest BCUT2D eigenvalue weighted by molar-refractivity contribution is -2.00. The van der Waals surface area contributed by atoms with E-state index in [1.165, 1.54) is 0 Å². The minimum absolute atomic E-state index is 0.0551. The fourth-order valence-corrected chi connectivity index (χ4v) is 3.72. The lowest BCUT2D eigenvalue weighted by Crippen LogP contribution is -2.68. The third kappa shape index (κ3) is 8.38. The SMILES string of the molecule is CC(C)(C)C1=C/C(=C/C=C/C=C/c2cc(C(C)(C)C)[o+]c3ccccc23)c2ccccc2O1.[O-][Cl+3]([O-])([O-])[O-]. The minimum Gasteiger partial charge on any atom is -0.461 e. The maximum atomic E-state index is 8.49. The van der Waals surface area contributed by atoms with E-state index in [9.17, 15) is 0 Å². The molecule has 0 atom stereocenters. The molecule has 7 heteroatoms. The molecule has 0 aliphatic carbocycles. The number of rotatable bonds is 3. The molecule has 3 aromatic rings. The lowest BCUT2D eigenvalue weighted by Gasteiger charge is -2.28. The summed E-state index contributed by atoms with van der Waals surface area (Å²) in [7, 11) is -4.94. The van der Waals surface area contributed by atoms with Crippen LogP contribution in [0.2, 0.25) is 0 Å². The van der Waals surface area contributed by atoms with Crippen LogP contribution in [-0.4, -0.2) is 0 Å². The van der Waals surface area contributed by atoms with Gasteiger partial charge in [-0.25, -0.2) is 23.1 Å². The van der Waals surface area contributed by atoms with Gasteiger partial charge in [0.1, 0.15) is 11.5 Å². The van der Waals surface area contributed by atoms with Gasteiger partial charge in [0.2, 0.25) is 0 Å². The first-order chi connectivity index (χ1) is 17.6. The molecule has 0 spiro atoms. The van der Waals surface area contributed by atoms with Gasteiger partial charge < -0.3 is 4.74 Å². The number of allylic oxidation sites excluding steroid dienone is 7. The first kappa shape index (κ1) is 29.3. The fraction of sp³-hybridized carbons (Fsp3) is 0.258. The second kappa shape index (κ2) is 11.6. The Morgan fingerprint density at radius 1 is 0.789 bits per heavy atom. The molecule has 0 unspecified atom stereocenters. The van der Waals surface area contributed by atoms with Gasteiger partial charge in [-0.3, -0.25) is 0 Å². The molecule has 0 saturated heterocycles. The van der Waals surface area contributed by atoms with Crippen molar-refractivity contribution in [3.63, 3.8) is 0 Å². The van der Waals surface area contributed by atoms with E-state index >= 15 is 0 Å². The van der Waals surface area contributed by atoms with Gasteiger partial charge in [-0.15, -0.1) is 10.2 Å². The third-order valence-electron chi connectivity index (χ3n) is 5.66. The second-order valence-corrected chi connectivity index (χ2v) is 11.7. The average Bonchev–Trinajstić information content (AvgIpc) is 2.81. The van der Waals surface area contributed by atoms with Crippen molar-refractivity contribution >= 4 is 22.6 Å². The number of para-hydroxylation sites is 2. The largest absolute Gasteiger partial charge is 0.461 e. The van der Waals surface area contributed by atoms with Crippen LogP contribution >= 0.6 is 0 Å². The van der Waals surface area contributed by atoms with Gasteiger partial charge in [0.25, 0.3) is 0 Å². The lowest BCUT2D eigenvalue weighted by atomic mass is 9.89. The molecule has 1 aliphatic rings. The summed E-state index contributed by atoms with van der Waals surface area (Å²) in [4.78, 5) is 0. The second-order valence-electron chi connectivity index (χ2n) is 10.9. The highest BCUT2D eigenvalue weighted by Crippen LogP contribution is 2.39. The Morgan fingerprint density at radius 3 is 2.08 bits per heavy atom. The topological polar surface area (TPSA) is 113 Å². The van der Waals surface area contributed by atoms with Crippen molar-refractivity contribution in [1.82, 2.24) is 0 Å². The fourth-order valence-electron chi connectivity index (χ4n) is 3.72. The van der Waals surface area contributed by atoms with Crippen LogP contribution in [0, 0.1) is 15.7 Å². The Balaban J connectivity index is 0.000000732. The molecular formula is C31H33ClO6. The standard InChI is InChI=1S/C31H33O2.ClHO4/c1-30(2,3)28-20-22(24-16-10-12-18-26(24)32-28)14-8-7-9-15-23-21-29(31(4,5)6)33-27-19-13-11-17-25(23)27;2-1(3,4)5/h7-21H,1-6H3;(H,2,3,4,5)/q+1;/p-1. The van der Waals surface area contributed by atoms with Crippen molar-refractivity contribution < 1.29 is 38.0 Å². The number of halogens is 1. The summed E-state index contributed by atoms with van der Waals surface area (Å²) in [6, 6.07) is 18.6. The van der Waals surface area contributed by atoms with E-state index < -0.39 is 10.2 Å². The molecule has 6 nitrogen and oxygen atoms in total. The van der Waals surface area contributed by atoms with E-state index in [-0.39, 0.29) is 10.8 Å². The molecule has 200 valence electrons. The van der Waals surface area contributed by atoms with Gasteiger partial charge in [0.15, 0.2) is 0 Å². The zero-order chi connectivity index (χ0) is 28.1. The molecule has 0 radical (unpaired) electrons. The number of ether oxygens (including phenoxy) is 1. The molecule has 0 amide bonds. The highest BCUT2D eigenvalue weighted by atomic mass is 35.7. The molecular weight excluding hydrogens is 504 g/mol. The predicted molar refractivity (Wildman–Crippen MR) is 140 cm³/mol. The summed E-state index contributed by atoms with van der Waals surface area (Å²) < 4.78 is 46.3. The molecule has 1 aliphatic heterocycles. The summed E-state index contributed by atoms with van der Waals surface area (Å²) >= 11 is 0. The van der Waals surface area contributed by atoms with Crippen molar-refractivity contribution in [3.05, 3.63) is 108 Å². The molecule has 0 N–H and O–H groups in total. The van der Waals surface area contributed by atoms with E-state index in [2.05, 4.69) is 96.2 Å². The van der Waals surface area contributed by atoms with Crippen LogP contribution in [-0.2, 0) is 5.41 Å². The van der Waals surface area contributed by atoms with Crippen LogP contribution in [0.25, 0.3) is 22.6 Å². The molecule has 0 fully saturated rings. The smallest absolute Gasteiger partial charge is 0.360 e. The molecule has 38 heavy (non-hydrogen) atoms. The average molecular weight is 537 g/mol. The predicted octanol–water partition coefficient (Wildman–Crippen LogP) is 4.23. The third-order valence-corrected chi connectivity index (χ3v) is 5.66. The van der Waals surface area contributed by atoms with Crippen LogP contribution in [0.5, 0.6) is 5.75 Å². The minimum atomic E-state index is -4.94. The normalized spacial score (nSPS) is 15.3. The van der Waals surface area contributed by atoms with Gasteiger partial charge in [-0.05, 0) is 44.6 Å². The first-order valence-electron chi connectivity index (χ1n) is 12.2. The van der Waals surface area contributed by atoms with E-state index in [0.29, 0.717) is 0 Å². The monoisotopic (exact) mass is 536 g/mol. The van der Waals surface area contributed by atoms with Gasteiger partial charge in [-0.1, -0.05) is 81.5 Å². The highest BCUT2D eigenvalue weighted by molar-refractivity contribution is 5.87. The molecule has 0 bridgehead atoms. The highest BCUT2D eigenvalue weighted by Gasteiger charge is 2.28. The van der Waals surface area contributed by atoms with E-state index in [1.807, 2.05) is 36.4 Å². The Labute approximate surface area is 226 Å². The van der Waals surface area contributed by atoms with Crippen LogP contribution in [0.15, 0.2) is 95.2 Å². The first-order valence-corrected chi connectivity index (χ1v) is 13.4. The summed E-state index contributed by atoms with van der Waals surface area (Å²) in [6.45, 7) is 13.0. The molecule has 0 saturated carbocycles. The summed E-state index contributed by atoms with van der Waals surface area (Å²) in [5, 5.41) is 1.12. The number of hydrogen-bond donors (Lipinski definition) is 0.